The van der Waals surface area contributed by atoms with Gasteiger partial charge in [-0.15, -0.1) is 0 Å². The zero-order chi connectivity index (χ0) is 14.0. The largest absolute Gasteiger partial charge is 0.381 e. The first kappa shape index (κ1) is 15.0. The van der Waals surface area contributed by atoms with Crippen molar-refractivity contribution in [2.24, 2.45) is 5.41 Å². The summed E-state index contributed by atoms with van der Waals surface area (Å²) in [5.74, 6) is 0. The summed E-state index contributed by atoms with van der Waals surface area (Å²) >= 11 is 3.47. The Morgan fingerprint density at radius 1 is 1.37 bits per heavy atom. The van der Waals surface area contributed by atoms with E-state index in [0.717, 1.165) is 17.3 Å². The van der Waals surface area contributed by atoms with Gasteiger partial charge in [-0.25, -0.2) is 0 Å². The Balaban J connectivity index is 1.85. The molecule has 3 unspecified atom stereocenters. The molecule has 1 aliphatic rings. The van der Waals surface area contributed by atoms with Gasteiger partial charge in [0, 0.05) is 29.1 Å². The van der Waals surface area contributed by atoms with E-state index in [1.165, 1.54) is 5.56 Å². The molecule has 0 aromatic heterocycles. The second-order valence-electron chi connectivity index (χ2n) is 6.23. The first-order chi connectivity index (χ1) is 8.93. The molecule has 0 saturated heterocycles. The molecule has 0 aliphatic heterocycles. The Morgan fingerprint density at radius 2 is 2.00 bits per heavy atom. The van der Waals surface area contributed by atoms with Crippen LogP contribution in [-0.2, 0) is 11.2 Å². The molecule has 106 valence electrons. The Hall–Kier alpha value is -0.380. The van der Waals surface area contributed by atoms with E-state index in [2.05, 4.69) is 66.3 Å². The van der Waals surface area contributed by atoms with Gasteiger partial charge in [-0.2, -0.15) is 0 Å². The highest BCUT2D eigenvalue weighted by atomic mass is 79.9. The highest BCUT2D eigenvalue weighted by molar-refractivity contribution is 9.10. The molecule has 1 N–H and O–H groups in total. The molecule has 2 nitrogen and oxygen atoms in total. The van der Waals surface area contributed by atoms with Crippen LogP contribution >= 0.6 is 15.9 Å². The maximum atomic E-state index is 5.50. The molecule has 3 atom stereocenters. The molecule has 1 aromatic carbocycles. The number of ether oxygens (including phenoxy) is 1. The summed E-state index contributed by atoms with van der Waals surface area (Å²) in [5.41, 5.74) is 1.62. The molecule has 0 heterocycles. The van der Waals surface area contributed by atoms with E-state index in [-0.39, 0.29) is 5.41 Å². The lowest BCUT2D eigenvalue weighted by Crippen LogP contribution is -2.62. The van der Waals surface area contributed by atoms with Gasteiger partial charge in [-0.05, 0) is 37.5 Å². The van der Waals surface area contributed by atoms with Crippen molar-refractivity contribution in [3.63, 3.8) is 0 Å². The molecule has 0 radical (unpaired) electrons. The highest BCUT2D eigenvalue weighted by Gasteiger charge is 2.48. The Kier molecular flexibility index (Phi) is 4.70. The molecule has 3 heteroatoms. The summed E-state index contributed by atoms with van der Waals surface area (Å²) in [6.07, 6.45) is 2.58. The minimum Gasteiger partial charge on any atom is -0.381 e. The average molecular weight is 326 g/mol. The monoisotopic (exact) mass is 325 g/mol. The second-order valence-corrected chi connectivity index (χ2v) is 7.15. The fourth-order valence-electron chi connectivity index (χ4n) is 2.94. The number of hydrogen-bond donors (Lipinski definition) is 1. The second kappa shape index (κ2) is 5.94. The van der Waals surface area contributed by atoms with Crippen molar-refractivity contribution < 1.29 is 4.74 Å². The van der Waals surface area contributed by atoms with E-state index in [9.17, 15) is 0 Å². The number of nitrogens with one attached hydrogen (secondary N) is 1. The molecule has 1 aliphatic carbocycles. The van der Waals surface area contributed by atoms with E-state index < -0.39 is 0 Å². The summed E-state index contributed by atoms with van der Waals surface area (Å²) in [6.45, 7) is 6.83. The minimum absolute atomic E-state index is 0.239. The summed E-state index contributed by atoms with van der Waals surface area (Å²) in [4.78, 5) is 0. The van der Waals surface area contributed by atoms with Gasteiger partial charge in [0.1, 0.15) is 0 Å². The topological polar surface area (TPSA) is 21.3 Å². The number of hydrogen-bond acceptors (Lipinski definition) is 2. The third-order valence-corrected chi connectivity index (χ3v) is 4.93. The summed E-state index contributed by atoms with van der Waals surface area (Å²) in [6, 6.07) is 9.64. The van der Waals surface area contributed by atoms with Crippen LogP contribution in [0, 0.1) is 5.41 Å². The Bertz CT molecular complexity index is 415. The lowest BCUT2D eigenvalue weighted by molar-refractivity contribution is -0.0997. The minimum atomic E-state index is 0.239. The molecular weight excluding hydrogens is 302 g/mol. The van der Waals surface area contributed by atoms with Crippen LogP contribution in [0.3, 0.4) is 0 Å². The third-order valence-electron chi connectivity index (χ3n) is 4.40. The molecule has 1 saturated carbocycles. The van der Waals surface area contributed by atoms with Gasteiger partial charge >= 0.3 is 0 Å². The third kappa shape index (κ3) is 3.39. The van der Waals surface area contributed by atoms with Crippen molar-refractivity contribution in [2.75, 3.05) is 7.11 Å². The van der Waals surface area contributed by atoms with Crippen LogP contribution < -0.4 is 5.32 Å². The van der Waals surface area contributed by atoms with Gasteiger partial charge < -0.3 is 10.1 Å². The van der Waals surface area contributed by atoms with Crippen molar-refractivity contribution in [2.45, 2.75) is 51.8 Å². The number of methoxy groups -OCH3 is 1. The van der Waals surface area contributed by atoms with Crippen molar-refractivity contribution in [1.82, 2.24) is 5.32 Å². The highest BCUT2D eigenvalue weighted by Crippen LogP contribution is 2.42. The normalized spacial score (nSPS) is 26.8. The van der Waals surface area contributed by atoms with Crippen LogP contribution in [0.1, 0.15) is 32.8 Å². The van der Waals surface area contributed by atoms with Gasteiger partial charge in [0.25, 0.3) is 0 Å². The molecule has 1 aromatic rings. The summed E-state index contributed by atoms with van der Waals surface area (Å²) in [7, 11) is 1.81. The van der Waals surface area contributed by atoms with E-state index >= 15 is 0 Å². The molecular formula is C16H24BrNO. The van der Waals surface area contributed by atoms with Crippen LogP contribution in [0.5, 0.6) is 0 Å². The van der Waals surface area contributed by atoms with Crippen LogP contribution in [-0.4, -0.2) is 25.3 Å². The molecule has 0 spiro atoms. The van der Waals surface area contributed by atoms with E-state index in [1.54, 1.807) is 0 Å². The Morgan fingerprint density at radius 3 is 2.53 bits per heavy atom. The molecule has 2 rings (SSSR count). The maximum absolute atomic E-state index is 5.50. The van der Waals surface area contributed by atoms with Crippen molar-refractivity contribution in [3.8, 4) is 0 Å². The lowest BCUT2D eigenvalue weighted by atomic mass is 9.64. The lowest BCUT2D eigenvalue weighted by Gasteiger charge is -2.52. The van der Waals surface area contributed by atoms with E-state index in [0.29, 0.717) is 18.2 Å². The summed E-state index contributed by atoms with van der Waals surface area (Å²) < 4.78 is 6.64. The SMILES string of the molecule is COC1CC(NC(C)Cc2ccc(Br)cc2)C1(C)C. The quantitative estimate of drug-likeness (QED) is 0.889. The number of rotatable bonds is 5. The van der Waals surface area contributed by atoms with Gasteiger partial charge in [0.15, 0.2) is 0 Å². The van der Waals surface area contributed by atoms with Crippen LogP contribution in [0.2, 0.25) is 0 Å². The van der Waals surface area contributed by atoms with Crippen LogP contribution in [0.25, 0.3) is 0 Å². The zero-order valence-electron chi connectivity index (χ0n) is 12.2. The molecule has 1 fully saturated rings. The van der Waals surface area contributed by atoms with Crippen molar-refractivity contribution >= 4 is 15.9 Å². The first-order valence-electron chi connectivity index (χ1n) is 6.96. The van der Waals surface area contributed by atoms with E-state index in [1.807, 2.05) is 7.11 Å². The zero-order valence-corrected chi connectivity index (χ0v) is 13.8. The smallest absolute Gasteiger partial charge is 0.0652 e. The van der Waals surface area contributed by atoms with E-state index in [4.69, 9.17) is 4.74 Å². The van der Waals surface area contributed by atoms with Gasteiger partial charge in [0.05, 0.1) is 6.10 Å². The standard InChI is InChI=1S/C16H24BrNO/c1-11(9-12-5-7-13(17)8-6-12)18-14-10-15(19-4)16(14,2)3/h5-8,11,14-15,18H,9-10H2,1-4H3. The first-order valence-corrected chi connectivity index (χ1v) is 7.76. The van der Waals surface area contributed by atoms with Crippen LogP contribution in [0.4, 0.5) is 0 Å². The Labute approximate surface area is 125 Å². The fourth-order valence-corrected chi connectivity index (χ4v) is 3.21. The predicted molar refractivity (Wildman–Crippen MR) is 83.4 cm³/mol. The molecule has 0 amide bonds. The van der Waals surface area contributed by atoms with Crippen LogP contribution in [0.15, 0.2) is 28.7 Å². The maximum Gasteiger partial charge on any atom is 0.0652 e. The predicted octanol–water partition coefficient (Wildman–Crippen LogP) is 3.78. The summed E-state index contributed by atoms with van der Waals surface area (Å²) in [5, 5.41) is 3.74. The average Bonchev–Trinajstić information content (AvgIpc) is 2.37. The molecule has 0 bridgehead atoms. The fraction of sp³-hybridized carbons (Fsp3) is 0.625. The number of halogens is 1. The van der Waals surface area contributed by atoms with Gasteiger partial charge in [-0.3, -0.25) is 0 Å². The number of benzene rings is 1. The van der Waals surface area contributed by atoms with Gasteiger partial charge in [0.2, 0.25) is 0 Å². The van der Waals surface area contributed by atoms with Crippen molar-refractivity contribution in [1.29, 1.82) is 0 Å². The molecule has 19 heavy (non-hydrogen) atoms. The van der Waals surface area contributed by atoms with Gasteiger partial charge in [-0.1, -0.05) is 41.9 Å². The van der Waals surface area contributed by atoms with Crippen molar-refractivity contribution in [3.05, 3.63) is 34.3 Å².